The summed E-state index contributed by atoms with van der Waals surface area (Å²) >= 11 is 0. The number of hydrogen-bond donors (Lipinski definition) is 4. The molecule has 2 aromatic rings. The molecule has 4 aliphatic rings. The molecule has 0 aliphatic carbocycles. The topological polar surface area (TPSA) is 115 Å². The van der Waals surface area contributed by atoms with Crippen molar-refractivity contribution in [2.75, 3.05) is 20.4 Å². The van der Waals surface area contributed by atoms with Crippen LogP contribution in [0.15, 0.2) is 6.07 Å². The monoisotopic (exact) mass is 537 g/mol. The van der Waals surface area contributed by atoms with Crippen LogP contribution in [0.25, 0.3) is 0 Å². The fraction of sp³-hybridized carbons (Fsp3) is 0.567. The van der Waals surface area contributed by atoms with Gasteiger partial charge in [-0.3, -0.25) is 14.6 Å². The number of aryl methyl sites for hydroxylation is 1. The number of carbonyl (C=O) groups is 1. The highest BCUT2D eigenvalue weighted by Gasteiger charge is 2.56. The number of amides is 1. The molecule has 9 nitrogen and oxygen atoms in total. The third-order valence-electron chi connectivity index (χ3n) is 9.38. The molecule has 0 radical (unpaired) electrons. The number of carbonyl (C=O) groups excluding carboxylic acids is 1. The third-order valence-corrected chi connectivity index (χ3v) is 9.38. The van der Waals surface area contributed by atoms with E-state index in [1.54, 1.807) is 0 Å². The van der Waals surface area contributed by atoms with E-state index in [4.69, 9.17) is 9.47 Å². The molecule has 0 saturated carbocycles. The second-order valence-corrected chi connectivity index (χ2v) is 12.1. The van der Waals surface area contributed by atoms with Crippen LogP contribution in [-0.4, -0.2) is 69.7 Å². The first kappa shape index (κ1) is 26.2. The third kappa shape index (κ3) is 3.81. The lowest BCUT2D eigenvalue weighted by Crippen LogP contribution is -2.69. The minimum absolute atomic E-state index is 0.0539. The molecule has 210 valence electrons. The molecule has 4 aliphatic heterocycles. The predicted octanol–water partition coefficient (Wildman–Crippen LogP) is 3.11. The summed E-state index contributed by atoms with van der Waals surface area (Å²) in [6.45, 7) is 10.1. The van der Waals surface area contributed by atoms with E-state index in [9.17, 15) is 20.1 Å². The van der Waals surface area contributed by atoms with E-state index in [2.05, 4.69) is 21.2 Å². The van der Waals surface area contributed by atoms with Crippen LogP contribution in [0.2, 0.25) is 0 Å². The van der Waals surface area contributed by atoms with Gasteiger partial charge in [-0.15, -0.1) is 0 Å². The highest BCUT2D eigenvalue weighted by Crippen LogP contribution is 2.57. The van der Waals surface area contributed by atoms with Crippen LogP contribution in [0.4, 0.5) is 0 Å². The Labute approximate surface area is 229 Å². The Morgan fingerprint density at radius 1 is 1.05 bits per heavy atom. The molecule has 1 fully saturated rings. The lowest BCUT2D eigenvalue weighted by atomic mass is 9.73. The van der Waals surface area contributed by atoms with Crippen molar-refractivity contribution in [3.8, 4) is 23.0 Å². The molecule has 4 N–H and O–H groups in total. The number of benzene rings is 2. The highest BCUT2D eigenvalue weighted by molar-refractivity contribution is 5.76. The van der Waals surface area contributed by atoms with E-state index >= 15 is 0 Å². The number of ether oxygens (including phenoxy) is 2. The van der Waals surface area contributed by atoms with E-state index in [0.717, 1.165) is 33.4 Å². The van der Waals surface area contributed by atoms with Gasteiger partial charge >= 0.3 is 0 Å². The van der Waals surface area contributed by atoms with E-state index in [1.165, 1.54) is 0 Å². The molecule has 9 heteroatoms. The van der Waals surface area contributed by atoms with Gasteiger partial charge in [-0.1, -0.05) is 19.9 Å². The number of nitrogens with zero attached hydrogens (tertiary/aromatic N) is 2. The zero-order chi connectivity index (χ0) is 27.9. The van der Waals surface area contributed by atoms with E-state index < -0.39 is 12.3 Å². The van der Waals surface area contributed by atoms with Crippen molar-refractivity contribution >= 4 is 5.91 Å². The maximum Gasteiger partial charge on any atom is 0.231 e. The Balaban J connectivity index is 1.52. The maximum atomic E-state index is 12.8. The summed E-state index contributed by atoms with van der Waals surface area (Å²) < 4.78 is 11.7. The van der Waals surface area contributed by atoms with Crippen LogP contribution in [0.1, 0.15) is 71.3 Å². The summed E-state index contributed by atoms with van der Waals surface area (Å²) in [6, 6.07) is 0.993. The Morgan fingerprint density at radius 3 is 2.49 bits per heavy atom. The van der Waals surface area contributed by atoms with Gasteiger partial charge in [0.1, 0.15) is 17.7 Å². The first-order valence-corrected chi connectivity index (χ1v) is 13.9. The first-order chi connectivity index (χ1) is 18.5. The maximum absolute atomic E-state index is 12.8. The number of hydrogen-bond acceptors (Lipinski definition) is 8. The van der Waals surface area contributed by atoms with Crippen LogP contribution in [0.3, 0.4) is 0 Å². The number of fused-ring (bicyclic) bond motifs is 9. The van der Waals surface area contributed by atoms with Crippen molar-refractivity contribution in [3.05, 3.63) is 45.0 Å². The van der Waals surface area contributed by atoms with E-state index in [1.807, 2.05) is 41.7 Å². The Bertz CT molecular complexity index is 1360. The number of aliphatic hydroxyl groups excluding tert-OH is 1. The number of likely N-dealkylation sites (N-methyl/N-ethyl adjacent to an activating group) is 1. The molecule has 0 spiro atoms. The van der Waals surface area contributed by atoms with Gasteiger partial charge in [0.25, 0.3) is 0 Å². The SMILES string of the molecule is Cc1cc2c(c(O)c1C)[C@@H]1C3Cc4c(O)c(C)c5c(c4[C@H](CNC(=O)CC(C)C)N3C(O)[C@@H](C2)N1C)OCO5. The molecule has 4 heterocycles. The van der Waals surface area contributed by atoms with Gasteiger partial charge in [-0.05, 0) is 63.3 Å². The molecular formula is C30H39N3O6. The molecule has 39 heavy (non-hydrogen) atoms. The zero-order valence-electron chi connectivity index (χ0n) is 23.5. The standard InChI is InChI=1S/C30H39N3O6/c1-13(2)7-22(34)31-11-21-24-18(26(35)16(5)28-29(24)39-12-38-28)10-19-25-23-17(8-14(3)15(4)27(23)36)9-20(32(25)6)30(37)33(19)21/h8,13,19-21,25,30,35-37H,7,9-12H2,1-6H3,(H,31,34)/t19?,20-,21+,25+,30?/m1/s1. The largest absolute Gasteiger partial charge is 0.507 e. The molecule has 1 saturated heterocycles. The number of piperazine rings is 1. The van der Waals surface area contributed by atoms with Gasteiger partial charge < -0.3 is 30.1 Å². The molecule has 6 rings (SSSR count). The summed E-state index contributed by atoms with van der Waals surface area (Å²) in [5, 5.41) is 37.9. The minimum Gasteiger partial charge on any atom is -0.507 e. The molecule has 2 unspecified atom stereocenters. The first-order valence-electron chi connectivity index (χ1n) is 13.9. The van der Waals surface area contributed by atoms with Gasteiger partial charge in [-0.2, -0.15) is 0 Å². The van der Waals surface area contributed by atoms with Gasteiger partial charge in [0.05, 0.1) is 18.1 Å². The number of nitrogens with one attached hydrogen (secondary N) is 1. The quantitative estimate of drug-likeness (QED) is 0.471. The average Bonchev–Trinajstić information content (AvgIpc) is 3.37. The molecule has 1 amide bonds. The molecule has 0 aromatic heterocycles. The van der Waals surface area contributed by atoms with Crippen LogP contribution in [0.5, 0.6) is 23.0 Å². The number of phenols is 2. The van der Waals surface area contributed by atoms with Crippen LogP contribution in [0, 0.1) is 26.7 Å². The summed E-state index contributed by atoms with van der Waals surface area (Å²) in [4.78, 5) is 17.1. The van der Waals surface area contributed by atoms with Crippen molar-refractivity contribution in [3.63, 3.8) is 0 Å². The van der Waals surface area contributed by atoms with E-state index in [0.29, 0.717) is 42.1 Å². The summed E-state index contributed by atoms with van der Waals surface area (Å²) in [5.41, 5.74) is 5.96. The normalized spacial score (nSPS) is 27.2. The Kier molecular flexibility index (Phi) is 6.24. The summed E-state index contributed by atoms with van der Waals surface area (Å²) in [7, 11) is 2.01. The number of phenolic OH excluding ortho intramolecular Hbond substituents is 2. The summed E-state index contributed by atoms with van der Waals surface area (Å²) in [5.74, 6) is 1.71. The van der Waals surface area contributed by atoms with Crippen molar-refractivity contribution in [1.29, 1.82) is 0 Å². The fourth-order valence-corrected chi connectivity index (χ4v) is 7.37. The fourth-order valence-electron chi connectivity index (χ4n) is 7.37. The van der Waals surface area contributed by atoms with Crippen LogP contribution < -0.4 is 14.8 Å². The molecule has 2 aromatic carbocycles. The number of aliphatic hydroxyl groups is 1. The van der Waals surface area contributed by atoms with Gasteiger partial charge in [0, 0.05) is 41.3 Å². The Morgan fingerprint density at radius 2 is 1.77 bits per heavy atom. The zero-order valence-corrected chi connectivity index (χ0v) is 23.5. The smallest absolute Gasteiger partial charge is 0.231 e. The Hall–Kier alpha value is -3.01. The predicted molar refractivity (Wildman–Crippen MR) is 145 cm³/mol. The number of aromatic hydroxyl groups is 2. The van der Waals surface area contributed by atoms with Crippen molar-refractivity contribution < 1.29 is 29.6 Å². The van der Waals surface area contributed by atoms with Gasteiger partial charge in [0.15, 0.2) is 11.5 Å². The minimum atomic E-state index is -0.838. The van der Waals surface area contributed by atoms with Crippen LogP contribution >= 0.6 is 0 Å². The second-order valence-electron chi connectivity index (χ2n) is 12.1. The molecule has 2 bridgehead atoms. The lowest BCUT2D eigenvalue weighted by molar-refractivity contribution is -0.172. The van der Waals surface area contributed by atoms with Crippen molar-refractivity contribution in [2.45, 2.75) is 84.3 Å². The van der Waals surface area contributed by atoms with Crippen molar-refractivity contribution in [2.24, 2.45) is 5.92 Å². The van der Waals surface area contributed by atoms with Crippen molar-refractivity contribution in [1.82, 2.24) is 15.1 Å². The van der Waals surface area contributed by atoms with Gasteiger partial charge in [0.2, 0.25) is 12.7 Å². The van der Waals surface area contributed by atoms with Gasteiger partial charge in [-0.25, -0.2) is 0 Å². The molecule has 5 atom stereocenters. The average molecular weight is 538 g/mol. The summed E-state index contributed by atoms with van der Waals surface area (Å²) in [6.07, 6.45) is 0.600. The highest BCUT2D eigenvalue weighted by atomic mass is 16.7. The molecular weight excluding hydrogens is 498 g/mol. The lowest BCUT2D eigenvalue weighted by Gasteiger charge is -2.60. The van der Waals surface area contributed by atoms with E-state index in [-0.39, 0.29) is 49.0 Å². The second kappa shape index (κ2) is 9.28. The number of rotatable bonds is 4. The van der Waals surface area contributed by atoms with Crippen LogP contribution in [-0.2, 0) is 17.6 Å².